The molecule has 3 aliphatic rings. The standard InChI is InChI=1S/C22H29N5O2S/c23-21-8-24-7-19(25-21)22(28)26-18-5-16-10-27(9-15-3-4-30-13-15)11-17(16)6-20(18)29-12-14-1-2-14/h3-4,7-8,13-14,16-18,20H,1-2,5-6,9-12H2,(H2,23,25)(H,26,28)/t16-,17+,18-,20-/m0/s1. The Morgan fingerprint density at radius 3 is 2.83 bits per heavy atom. The van der Waals surface area contributed by atoms with Gasteiger partial charge in [0.25, 0.3) is 5.91 Å². The molecule has 0 spiro atoms. The Bertz CT molecular complexity index is 872. The van der Waals surface area contributed by atoms with E-state index < -0.39 is 0 Å². The molecule has 1 saturated heterocycles. The molecule has 7 nitrogen and oxygen atoms in total. The molecule has 1 aliphatic heterocycles. The Labute approximate surface area is 181 Å². The first-order valence-corrected chi connectivity index (χ1v) is 11.8. The first-order valence-electron chi connectivity index (χ1n) is 10.9. The van der Waals surface area contributed by atoms with Crippen molar-refractivity contribution in [2.24, 2.45) is 17.8 Å². The van der Waals surface area contributed by atoms with E-state index in [0.717, 1.165) is 39.1 Å². The molecule has 2 saturated carbocycles. The normalized spacial score (nSPS) is 28.9. The summed E-state index contributed by atoms with van der Waals surface area (Å²) < 4.78 is 6.34. The van der Waals surface area contributed by atoms with Crippen LogP contribution in [-0.4, -0.2) is 52.6 Å². The van der Waals surface area contributed by atoms with Gasteiger partial charge in [-0.05, 0) is 65.8 Å². The van der Waals surface area contributed by atoms with E-state index in [1.54, 1.807) is 11.3 Å². The van der Waals surface area contributed by atoms with E-state index >= 15 is 0 Å². The van der Waals surface area contributed by atoms with Crippen molar-refractivity contribution in [3.8, 4) is 0 Å². The molecule has 1 amide bonds. The van der Waals surface area contributed by atoms with Crippen LogP contribution in [0, 0.1) is 17.8 Å². The van der Waals surface area contributed by atoms with Gasteiger partial charge >= 0.3 is 0 Å². The lowest BCUT2D eigenvalue weighted by molar-refractivity contribution is -0.0212. The molecule has 3 fully saturated rings. The van der Waals surface area contributed by atoms with E-state index in [-0.39, 0.29) is 29.6 Å². The van der Waals surface area contributed by atoms with Crippen LogP contribution in [0.15, 0.2) is 29.2 Å². The molecular formula is C22H29N5O2S. The Hall–Kier alpha value is -2.03. The first-order chi connectivity index (χ1) is 14.6. The number of nitrogens with zero attached hydrogens (tertiary/aromatic N) is 3. The predicted molar refractivity (Wildman–Crippen MR) is 116 cm³/mol. The fourth-order valence-electron chi connectivity index (χ4n) is 4.89. The number of hydrogen-bond acceptors (Lipinski definition) is 7. The number of fused-ring (bicyclic) bond motifs is 1. The molecule has 5 rings (SSSR count). The lowest BCUT2D eigenvalue weighted by Gasteiger charge is -2.38. The van der Waals surface area contributed by atoms with Gasteiger partial charge in [-0.25, -0.2) is 4.98 Å². The summed E-state index contributed by atoms with van der Waals surface area (Å²) in [6, 6.07) is 2.21. The molecule has 0 bridgehead atoms. The van der Waals surface area contributed by atoms with Crippen LogP contribution < -0.4 is 11.1 Å². The van der Waals surface area contributed by atoms with Crippen LogP contribution in [0.25, 0.3) is 0 Å². The molecule has 4 atom stereocenters. The van der Waals surface area contributed by atoms with Crippen molar-refractivity contribution in [3.05, 3.63) is 40.5 Å². The van der Waals surface area contributed by atoms with Gasteiger partial charge in [-0.1, -0.05) is 0 Å². The fourth-order valence-corrected chi connectivity index (χ4v) is 5.55. The number of amides is 1. The third kappa shape index (κ3) is 4.66. The highest BCUT2D eigenvalue weighted by Crippen LogP contribution is 2.39. The monoisotopic (exact) mass is 427 g/mol. The van der Waals surface area contributed by atoms with Crippen LogP contribution in [0.2, 0.25) is 0 Å². The van der Waals surface area contributed by atoms with Gasteiger partial charge in [-0.2, -0.15) is 11.3 Å². The number of nitrogens with one attached hydrogen (secondary N) is 1. The van der Waals surface area contributed by atoms with Crippen molar-refractivity contribution in [3.63, 3.8) is 0 Å². The summed E-state index contributed by atoms with van der Waals surface area (Å²) in [5.41, 5.74) is 7.36. The van der Waals surface area contributed by atoms with E-state index in [9.17, 15) is 4.79 Å². The molecule has 160 valence electrons. The molecule has 0 unspecified atom stereocenters. The molecule has 30 heavy (non-hydrogen) atoms. The minimum absolute atomic E-state index is 0.00169. The number of carbonyl (C=O) groups excluding carboxylic acids is 1. The lowest BCUT2D eigenvalue weighted by Crippen LogP contribution is -2.50. The molecule has 3 heterocycles. The lowest BCUT2D eigenvalue weighted by atomic mass is 9.77. The number of ether oxygens (including phenoxy) is 1. The topological polar surface area (TPSA) is 93.4 Å². The zero-order chi connectivity index (χ0) is 20.5. The average molecular weight is 428 g/mol. The molecular weight excluding hydrogens is 398 g/mol. The molecule has 2 aliphatic carbocycles. The van der Waals surface area contributed by atoms with Gasteiger partial charge in [0.2, 0.25) is 0 Å². The van der Waals surface area contributed by atoms with Gasteiger partial charge in [0.05, 0.1) is 24.5 Å². The van der Waals surface area contributed by atoms with Crippen molar-refractivity contribution >= 4 is 23.1 Å². The molecule has 3 N–H and O–H groups in total. The zero-order valence-corrected chi connectivity index (χ0v) is 17.9. The van der Waals surface area contributed by atoms with Crippen molar-refractivity contribution in [1.29, 1.82) is 0 Å². The Morgan fingerprint density at radius 1 is 1.27 bits per heavy atom. The Balaban J connectivity index is 1.25. The third-order valence-corrected chi connectivity index (χ3v) is 7.36. The summed E-state index contributed by atoms with van der Waals surface area (Å²) in [7, 11) is 0. The summed E-state index contributed by atoms with van der Waals surface area (Å²) in [6.45, 7) is 4.02. The molecule has 2 aromatic rings. The van der Waals surface area contributed by atoms with E-state index in [0.29, 0.717) is 17.8 Å². The van der Waals surface area contributed by atoms with Gasteiger partial charge < -0.3 is 15.8 Å². The van der Waals surface area contributed by atoms with Gasteiger partial charge in [-0.3, -0.25) is 14.7 Å². The van der Waals surface area contributed by atoms with Crippen molar-refractivity contribution < 1.29 is 9.53 Å². The quantitative estimate of drug-likeness (QED) is 0.705. The number of rotatable bonds is 7. The van der Waals surface area contributed by atoms with Crippen molar-refractivity contribution in [2.45, 2.75) is 44.4 Å². The van der Waals surface area contributed by atoms with Crippen LogP contribution >= 0.6 is 11.3 Å². The van der Waals surface area contributed by atoms with E-state index in [1.807, 2.05) is 0 Å². The number of likely N-dealkylation sites (tertiary alicyclic amines) is 1. The van der Waals surface area contributed by atoms with Crippen LogP contribution in [0.3, 0.4) is 0 Å². The second-order valence-corrected chi connectivity index (χ2v) is 9.82. The molecule has 2 aromatic heterocycles. The van der Waals surface area contributed by atoms with Crippen LogP contribution in [0.1, 0.15) is 41.7 Å². The van der Waals surface area contributed by atoms with Crippen LogP contribution in [-0.2, 0) is 11.3 Å². The highest BCUT2D eigenvalue weighted by atomic mass is 32.1. The third-order valence-electron chi connectivity index (χ3n) is 6.62. The number of hydrogen-bond donors (Lipinski definition) is 2. The number of nitrogen functional groups attached to an aromatic ring is 1. The summed E-state index contributed by atoms with van der Waals surface area (Å²) in [5, 5.41) is 7.57. The van der Waals surface area contributed by atoms with E-state index in [2.05, 4.69) is 37.0 Å². The smallest absolute Gasteiger partial charge is 0.271 e. The Kier molecular flexibility index (Phi) is 5.71. The number of aromatic nitrogens is 2. The summed E-state index contributed by atoms with van der Waals surface area (Å²) in [6.07, 6.45) is 7.46. The molecule has 0 aromatic carbocycles. The highest BCUT2D eigenvalue weighted by Gasteiger charge is 2.43. The van der Waals surface area contributed by atoms with Crippen LogP contribution in [0.5, 0.6) is 0 Å². The predicted octanol–water partition coefficient (Wildman–Crippen LogP) is 2.56. The van der Waals surface area contributed by atoms with Crippen molar-refractivity contribution in [1.82, 2.24) is 20.2 Å². The number of nitrogens with two attached hydrogens (primary N) is 1. The maximum Gasteiger partial charge on any atom is 0.271 e. The van der Waals surface area contributed by atoms with E-state index in [4.69, 9.17) is 10.5 Å². The number of thiophene rings is 1. The first kappa shape index (κ1) is 19.9. The minimum Gasteiger partial charge on any atom is -0.382 e. The van der Waals surface area contributed by atoms with Gasteiger partial charge in [0.15, 0.2) is 0 Å². The molecule has 0 radical (unpaired) electrons. The number of carbonyl (C=O) groups is 1. The van der Waals surface area contributed by atoms with Gasteiger partial charge in [0.1, 0.15) is 11.5 Å². The fraction of sp³-hybridized carbons (Fsp3) is 0.591. The second-order valence-electron chi connectivity index (χ2n) is 9.04. The van der Waals surface area contributed by atoms with Gasteiger partial charge in [0, 0.05) is 26.2 Å². The number of anilines is 1. The van der Waals surface area contributed by atoms with E-state index in [1.165, 1.54) is 30.8 Å². The highest BCUT2D eigenvalue weighted by molar-refractivity contribution is 7.07. The van der Waals surface area contributed by atoms with Crippen LogP contribution in [0.4, 0.5) is 5.82 Å². The SMILES string of the molecule is Nc1cncc(C(=O)N[C@H]2C[C@H]3CN(Cc4ccsc4)C[C@H]3C[C@@H]2OCC2CC2)n1. The van der Waals surface area contributed by atoms with Crippen molar-refractivity contribution in [2.75, 3.05) is 25.4 Å². The average Bonchev–Trinajstić information content (AvgIpc) is 3.27. The van der Waals surface area contributed by atoms with Gasteiger partial charge in [-0.15, -0.1) is 0 Å². The maximum atomic E-state index is 12.8. The molecule has 8 heteroatoms. The summed E-state index contributed by atoms with van der Waals surface area (Å²) >= 11 is 1.76. The summed E-state index contributed by atoms with van der Waals surface area (Å²) in [5.74, 6) is 1.96. The largest absolute Gasteiger partial charge is 0.382 e. The Morgan fingerprint density at radius 2 is 2.10 bits per heavy atom. The minimum atomic E-state index is -0.216. The zero-order valence-electron chi connectivity index (χ0n) is 17.1. The summed E-state index contributed by atoms with van der Waals surface area (Å²) in [4.78, 5) is 23.5. The second kappa shape index (κ2) is 8.61. The maximum absolute atomic E-state index is 12.8.